The van der Waals surface area contributed by atoms with Crippen molar-refractivity contribution < 1.29 is 33.0 Å². The molecule has 2 N–H and O–H groups in total. The third-order valence-electron chi connectivity index (χ3n) is 6.65. The van der Waals surface area contributed by atoms with Crippen molar-refractivity contribution >= 4 is 23.2 Å². The fourth-order valence-electron chi connectivity index (χ4n) is 4.74. The molecule has 0 spiro atoms. The van der Waals surface area contributed by atoms with Crippen LogP contribution in [0.3, 0.4) is 0 Å². The van der Waals surface area contributed by atoms with Gasteiger partial charge in [-0.25, -0.2) is 13.8 Å². The molecule has 5 rings (SSSR count). The highest BCUT2D eigenvalue weighted by Crippen LogP contribution is 2.35. The number of para-hydroxylation sites is 1. The molecule has 2 amide bonds. The van der Waals surface area contributed by atoms with Crippen molar-refractivity contribution in [1.29, 1.82) is 0 Å². The lowest BCUT2D eigenvalue weighted by Gasteiger charge is -2.31. The van der Waals surface area contributed by atoms with Crippen molar-refractivity contribution in [2.24, 2.45) is 10.9 Å². The molecule has 10 heteroatoms. The van der Waals surface area contributed by atoms with E-state index in [0.717, 1.165) is 12.1 Å². The van der Waals surface area contributed by atoms with Crippen molar-refractivity contribution in [3.05, 3.63) is 89.0 Å². The first-order chi connectivity index (χ1) is 19.0. The third-order valence-corrected chi connectivity index (χ3v) is 6.65. The van der Waals surface area contributed by atoms with Crippen molar-refractivity contribution in [1.82, 2.24) is 5.32 Å². The Balaban J connectivity index is 1.52. The van der Waals surface area contributed by atoms with Crippen LogP contribution in [0.1, 0.15) is 37.5 Å². The minimum Gasteiger partial charge on any atom is -0.454 e. The number of benzene rings is 3. The van der Waals surface area contributed by atoms with Gasteiger partial charge in [0, 0.05) is 17.0 Å². The lowest BCUT2D eigenvalue weighted by Crippen LogP contribution is -2.52. The quantitative estimate of drug-likeness (QED) is 0.465. The summed E-state index contributed by atoms with van der Waals surface area (Å²) in [6, 6.07) is 16.0. The molecule has 0 aromatic heterocycles. The molecule has 3 aromatic rings. The smallest absolute Gasteiger partial charge is 0.272 e. The van der Waals surface area contributed by atoms with Crippen molar-refractivity contribution in [3.63, 3.8) is 0 Å². The third kappa shape index (κ3) is 5.67. The number of nitrogens with zero attached hydrogens (tertiary/aromatic N) is 2. The number of carbonyl (C=O) groups is 2. The zero-order chi connectivity index (χ0) is 28.6. The summed E-state index contributed by atoms with van der Waals surface area (Å²) in [4.78, 5) is 33.3. The first kappa shape index (κ1) is 27.3. The molecular weight excluding hydrogens is 520 g/mol. The van der Waals surface area contributed by atoms with Crippen molar-refractivity contribution in [3.8, 4) is 11.5 Å². The van der Waals surface area contributed by atoms with Crippen LogP contribution in [0.4, 0.5) is 14.5 Å². The first-order valence-corrected chi connectivity index (χ1v) is 12.9. The van der Waals surface area contributed by atoms with Crippen LogP contribution in [0, 0.1) is 17.6 Å². The fourth-order valence-corrected chi connectivity index (χ4v) is 4.74. The molecule has 2 aliphatic rings. The minimum absolute atomic E-state index is 0.0520. The Bertz CT molecular complexity index is 1500. The number of halogens is 2. The number of hydrogen-bond acceptors (Lipinski definition) is 6. The molecule has 2 aliphatic heterocycles. The monoisotopic (exact) mass is 549 g/mol. The van der Waals surface area contributed by atoms with E-state index in [-0.39, 0.29) is 19.8 Å². The summed E-state index contributed by atoms with van der Waals surface area (Å²) in [5.74, 6) is -2.56. The highest BCUT2D eigenvalue weighted by Gasteiger charge is 2.36. The second-order valence-corrected chi connectivity index (χ2v) is 10.6. The molecule has 2 heterocycles. The number of rotatable bonds is 7. The van der Waals surface area contributed by atoms with Crippen LogP contribution in [0.2, 0.25) is 0 Å². The zero-order valence-electron chi connectivity index (χ0n) is 22.3. The Hall–Kier alpha value is -4.31. The molecule has 0 radical (unpaired) electrons. The predicted molar refractivity (Wildman–Crippen MR) is 144 cm³/mol. The summed E-state index contributed by atoms with van der Waals surface area (Å²) >= 11 is 0. The van der Waals surface area contributed by atoms with Gasteiger partial charge in [-0.2, -0.15) is 0 Å². The average molecular weight is 550 g/mol. The van der Waals surface area contributed by atoms with Gasteiger partial charge in [0.1, 0.15) is 0 Å². The summed E-state index contributed by atoms with van der Waals surface area (Å²) in [6.07, 6.45) is -1.20. The van der Waals surface area contributed by atoms with E-state index in [1.165, 1.54) is 11.0 Å². The largest absolute Gasteiger partial charge is 0.454 e. The number of fused-ring (bicyclic) bond motifs is 2. The topological polar surface area (TPSA) is 100 Å². The molecule has 0 saturated heterocycles. The number of nitrogens with one attached hydrogen (secondary N) is 1. The minimum atomic E-state index is -1.32. The Kier molecular flexibility index (Phi) is 7.29. The van der Waals surface area contributed by atoms with Crippen LogP contribution < -0.4 is 19.7 Å². The standard InChI is InChI=1S/C30H29F2N3O5/c1-17(12-18-8-10-21(31)22(32)13-18)28(36)34-27-29(37)35(15-30(2,3)38)23-7-5-4-6-20(23)26(33-27)19-9-11-24-25(14-19)40-16-39-24/h4-11,13-14,17,27,38H,12,15-16H2,1-3H3,(H,34,36)/t17-,27?/m0/s1. The SMILES string of the molecule is C[C@@H](Cc1ccc(F)c(F)c1)C(=O)NC1N=C(c2ccc3c(c2)OCO3)c2ccccc2N(CC(C)(C)O)C1=O. The lowest BCUT2D eigenvalue weighted by molar-refractivity contribution is -0.129. The number of anilines is 1. The highest BCUT2D eigenvalue weighted by atomic mass is 19.2. The van der Waals surface area contributed by atoms with Gasteiger partial charge >= 0.3 is 0 Å². The van der Waals surface area contributed by atoms with Crippen LogP contribution in [-0.4, -0.2) is 47.7 Å². The van der Waals surface area contributed by atoms with Crippen molar-refractivity contribution in [2.75, 3.05) is 18.2 Å². The maximum atomic E-state index is 13.9. The number of hydrogen-bond donors (Lipinski definition) is 2. The molecule has 0 fully saturated rings. The molecular formula is C30H29F2N3O5. The summed E-state index contributed by atoms with van der Waals surface area (Å²) in [5.41, 5.74) is 1.43. The van der Waals surface area contributed by atoms with E-state index in [2.05, 4.69) is 5.32 Å². The molecule has 0 aliphatic carbocycles. The summed E-state index contributed by atoms with van der Waals surface area (Å²) in [6.45, 7) is 4.84. The van der Waals surface area contributed by atoms with E-state index in [0.29, 0.717) is 39.6 Å². The van der Waals surface area contributed by atoms with Crippen LogP contribution in [0.15, 0.2) is 65.7 Å². The van der Waals surface area contributed by atoms with Gasteiger partial charge < -0.3 is 24.8 Å². The predicted octanol–water partition coefficient (Wildman–Crippen LogP) is 3.97. The molecule has 0 bridgehead atoms. The number of amides is 2. The first-order valence-electron chi connectivity index (χ1n) is 12.9. The van der Waals surface area contributed by atoms with Crippen LogP contribution in [-0.2, 0) is 16.0 Å². The van der Waals surface area contributed by atoms with Gasteiger partial charge in [0.05, 0.1) is 23.5 Å². The number of benzodiazepines with no additional fused rings is 1. The molecule has 1 unspecified atom stereocenters. The zero-order valence-corrected chi connectivity index (χ0v) is 22.3. The normalized spacial score (nSPS) is 17.1. The van der Waals surface area contributed by atoms with Gasteiger partial charge in [-0.15, -0.1) is 0 Å². The van der Waals surface area contributed by atoms with E-state index >= 15 is 0 Å². The highest BCUT2D eigenvalue weighted by molar-refractivity contribution is 6.20. The average Bonchev–Trinajstić information content (AvgIpc) is 3.35. The van der Waals surface area contributed by atoms with Gasteiger partial charge in [-0.1, -0.05) is 31.2 Å². The molecule has 208 valence electrons. The summed E-state index contributed by atoms with van der Waals surface area (Å²) < 4.78 is 38.1. The van der Waals surface area contributed by atoms with Crippen molar-refractivity contribution in [2.45, 2.75) is 39.0 Å². The van der Waals surface area contributed by atoms with E-state index in [1.807, 2.05) is 12.1 Å². The lowest BCUT2D eigenvalue weighted by atomic mass is 9.99. The fraction of sp³-hybridized carbons (Fsp3) is 0.300. The van der Waals surface area contributed by atoms with Gasteiger partial charge in [-0.3, -0.25) is 9.59 Å². The summed E-state index contributed by atoms with van der Waals surface area (Å²) in [5, 5.41) is 13.4. The number of aliphatic hydroxyl groups is 1. The second kappa shape index (κ2) is 10.7. The Morgan fingerprint density at radius 3 is 2.60 bits per heavy atom. The van der Waals surface area contributed by atoms with E-state index < -0.39 is 41.1 Å². The van der Waals surface area contributed by atoms with Gasteiger partial charge in [-0.05, 0) is 62.2 Å². The Morgan fingerprint density at radius 2 is 1.85 bits per heavy atom. The molecule has 0 saturated carbocycles. The molecule has 8 nitrogen and oxygen atoms in total. The van der Waals surface area contributed by atoms with Crippen LogP contribution >= 0.6 is 0 Å². The maximum Gasteiger partial charge on any atom is 0.272 e. The van der Waals surface area contributed by atoms with Gasteiger partial charge in [0.25, 0.3) is 5.91 Å². The Morgan fingerprint density at radius 1 is 1.10 bits per heavy atom. The van der Waals surface area contributed by atoms with Crippen LogP contribution in [0.5, 0.6) is 11.5 Å². The van der Waals surface area contributed by atoms with Gasteiger partial charge in [0.15, 0.2) is 23.1 Å². The summed E-state index contributed by atoms with van der Waals surface area (Å²) in [7, 11) is 0. The Labute approximate surface area is 230 Å². The van der Waals surface area contributed by atoms with Gasteiger partial charge in [0.2, 0.25) is 18.9 Å². The van der Waals surface area contributed by atoms with E-state index in [9.17, 15) is 23.5 Å². The number of ether oxygens (including phenoxy) is 2. The number of β-amino-alcohol motifs (C(OH)–C–C–N with tert-alkyl or cyclic N) is 1. The van der Waals surface area contributed by atoms with Crippen LogP contribution in [0.25, 0.3) is 0 Å². The van der Waals surface area contributed by atoms with E-state index in [1.54, 1.807) is 51.1 Å². The molecule has 2 atom stereocenters. The maximum absolute atomic E-state index is 13.9. The second-order valence-electron chi connectivity index (χ2n) is 10.6. The molecule has 3 aromatic carbocycles. The van der Waals surface area contributed by atoms with E-state index in [4.69, 9.17) is 14.5 Å². The number of aliphatic imine (C=N–C) groups is 1. The number of carbonyl (C=O) groups excluding carboxylic acids is 2. The molecule has 40 heavy (non-hydrogen) atoms.